The Bertz CT molecular complexity index is 1420. The Morgan fingerprint density at radius 2 is 1.86 bits per heavy atom. The Hall–Kier alpha value is -4.44. The lowest BCUT2D eigenvalue weighted by Gasteiger charge is -2.29. The van der Waals surface area contributed by atoms with Crippen molar-refractivity contribution in [1.82, 2.24) is 14.8 Å². The van der Waals surface area contributed by atoms with Gasteiger partial charge in [-0.15, -0.1) is 0 Å². The SMILES string of the molecule is Cc1cc(NC(=O)Nc2ccc(Oc3ccnc(-c4cnn(C)c4)c3)cc2F)cc(N2CCOCC2)c1. The lowest BCUT2D eigenvalue weighted by Crippen LogP contribution is -2.36. The van der Waals surface area contributed by atoms with E-state index in [9.17, 15) is 9.18 Å². The Balaban J connectivity index is 1.23. The van der Waals surface area contributed by atoms with E-state index in [1.165, 1.54) is 12.1 Å². The van der Waals surface area contributed by atoms with E-state index in [2.05, 4.69) is 31.7 Å². The first-order valence-corrected chi connectivity index (χ1v) is 11.9. The molecule has 4 aromatic rings. The molecular formula is C27H27FN6O3. The zero-order chi connectivity index (χ0) is 25.8. The van der Waals surface area contributed by atoms with E-state index in [4.69, 9.17) is 9.47 Å². The van der Waals surface area contributed by atoms with Crippen LogP contribution in [0.15, 0.2) is 67.1 Å². The zero-order valence-electron chi connectivity index (χ0n) is 20.6. The topological polar surface area (TPSA) is 93.5 Å². The highest BCUT2D eigenvalue weighted by Crippen LogP contribution is 2.28. The van der Waals surface area contributed by atoms with Crippen molar-refractivity contribution < 1.29 is 18.7 Å². The van der Waals surface area contributed by atoms with Gasteiger partial charge in [0.2, 0.25) is 0 Å². The molecule has 10 heteroatoms. The van der Waals surface area contributed by atoms with Gasteiger partial charge in [-0.1, -0.05) is 0 Å². The first kappa shape index (κ1) is 24.3. The molecular weight excluding hydrogens is 475 g/mol. The number of carbonyl (C=O) groups excluding carboxylic acids is 1. The molecule has 1 aliphatic heterocycles. The van der Waals surface area contributed by atoms with Gasteiger partial charge in [-0.05, 0) is 48.9 Å². The summed E-state index contributed by atoms with van der Waals surface area (Å²) in [5.74, 6) is 0.176. The van der Waals surface area contributed by atoms with Crippen LogP contribution in [0.1, 0.15) is 5.56 Å². The highest BCUT2D eigenvalue weighted by molar-refractivity contribution is 6.00. The number of urea groups is 1. The summed E-state index contributed by atoms with van der Waals surface area (Å²) < 4.78 is 27.7. The number of nitrogens with zero attached hydrogens (tertiary/aromatic N) is 4. The maximum absolute atomic E-state index is 14.8. The fourth-order valence-electron chi connectivity index (χ4n) is 4.11. The van der Waals surface area contributed by atoms with Gasteiger partial charge in [0.15, 0.2) is 0 Å². The number of anilines is 3. The largest absolute Gasteiger partial charge is 0.457 e. The van der Waals surface area contributed by atoms with Crippen LogP contribution in [0.4, 0.5) is 26.2 Å². The normalized spacial score (nSPS) is 13.3. The van der Waals surface area contributed by atoms with Gasteiger partial charge in [0.25, 0.3) is 0 Å². The van der Waals surface area contributed by atoms with Crippen molar-refractivity contribution >= 4 is 23.1 Å². The maximum atomic E-state index is 14.8. The molecule has 0 spiro atoms. The third-order valence-corrected chi connectivity index (χ3v) is 5.85. The predicted octanol–water partition coefficient (Wildman–Crippen LogP) is 5.20. The molecule has 0 aliphatic carbocycles. The van der Waals surface area contributed by atoms with E-state index < -0.39 is 11.8 Å². The average molecular weight is 503 g/mol. The quantitative estimate of drug-likeness (QED) is 0.376. The fraction of sp³-hybridized carbons (Fsp3) is 0.222. The van der Waals surface area contributed by atoms with E-state index in [0.29, 0.717) is 36.1 Å². The summed E-state index contributed by atoms with van der Waals surface area (Å²) >= 11 is 0. The van der Waals surface area contributed by atoms with Gasteiger partial charge >= 0.3 is 6.03 Å². The summed E-state index contributed by atoms with van der Waals surface area (Å²) in [5.41, 5.74) is 4.21. The number of carbonyl (C=O) groups is 1. The van der Waals surface area contributed by atoms with Gasteiger partial charge in [-0.2, -0.15) is 5.10 Å². The number of hydrogen-bond donors (Lipinski definition) is 2. The molecule has 2 N–H and O–H groups in total. The van der Waals surface area contributed by atoms with Crippen molar-refractivity contribution in [2.45, 2.75) is 6.92 Å². The fourth-order valence-corrected chi connectivity index (χ4v) is 4.11. The van der Waals surface area contributed by atoms with Crippen LogP contribution < -0.4 is 20.3 Å². The van der Waals surface area contributed by atoms with Crippen LogP contribution in [0.5, 0.6) is 11.5 Å². The van der Waals surface area contributed by atoms with Gasteiger partial charge in [0.05, 0.1) is 30.8 Å². The third-order valence-electron chi connectivity index (χ3n) is 5.85. The summed E-state index contributed by atoms with van der Waals surface area (Å²) in [6, 6.07) is 13.0. The predicted molar refractivity (Wildman–Crippen MR) is 140 cm³/mol. The van der Waals surface area contributed by atoms with Crippen LogP contribution >= 0.6 is 0 Å². The molecule has 1 aliphatic rings. The van der Waals surface area contributed by atoms with Crippen LogP contribution in [-0.4, -0.2) is 47.1 Å². The average Bonchev–Trinajstić information content (AvgIpc) is 3.32. The van der Waals surface area contributed by atoms with Gasteiger partial charge in [-0.25, -0.2) is 9.18 Å². The summed E-state index contributed by atoms with van der Waals surface area (Å²) in [6.45, 7) is 4.89. The molecule has 37 heavy (non-hydrogen) atoms. The highest BCUT2D eigenvalue weighted by Gasteiger charge is 2.14. The smallest absolute Gasteiger partial charge is 0.323 e. The number of amides is 2. The summed E-state index contributed by atoms with van der Waals surface area (Å²) in [5, 5.41) is 9.51. The minimum absolute atomic E-state index is 0.0386. The molecule has 0 radical (unpaired) electrons. The summed E-state index contributed by atoms with van der Waals surface area (Å²) in [4.78, 5) is 19.2. The van der Waals surface area contributed by atoms with E-state index in [0.717, 1.165) is 29.9 Å². The van der Waals surface area contributed by atoms with Crippen LogP contribution in [0.25, 0.3) is 11.3 Å². The van der Waals surface area contributed by atoms with Crippen molar-refractivity contribution in [2.24, 2.45) is 7.05 Å². The van der Waals surface area contributed by atoms with Gasteiger partial charge < -0.3 is 25.0 Å². The lowest BCUT2D eigenvalue weighted by atomic mass is 10.1. The number of aromatic nitrogens is 3. The van der Waals surface area contributed by atoms with Gasteiger partial charge in [0, 0.05) is 61.6 Å². The van der Waals surface area contributed by atoms with Crippen molar-refractivity contribution in [3.63, 3.8) is 0 Å². The summed E-state index contributed by atoms with van der Waals surface area (Å²) in [7, 11) is 1.83. The molecule has 3 heterocycles. The van der Waals surface area contributed by atoms with E-state index >= 15 is 0 Å². The molecule has 0 saturated carbocycles. The van der Waals surface area contributed by atoms with E-state index in [1.807, 2.05) is 32.3 Å². The number of benzene rings is 2. The number of hydrogen-bond acceptors (Lipinski definition) is 6. The molecule has 2 aromatic heterocycles. The maximum Gasteiger partial charge on any atom is 0.323 e. The number of ether oxygens (including phenoxy) is 2. The molecule has 0 bridgehead atoms. The van der Waals surface area contributed by atoms with Crippen LogP contribution in [-0.2, 0) is 11.8 Å². The second kappa shape index (κ2) is 10.7. The van der Waals surface area contributed by atoms with Gasteiger partial charge in [-0.3, -0.25) is 9.67 Å². The first-order valence-electron chi connectivity index (χ1n) is 11.9. The van der Waals surface area contributed by atoms with E-state index in [1.54, 1.807) is 35.3 Å². The molecule has 0 atom stereocenters. The lowest BCUT2D eigenvalue weighted by molar-refractivity contribution is 0.122. The van der Waals surface area contributed by atoms with Crippen molar-refractivity contribution in [1.29, 1.82) is 0 Å². The Morgan fingerprint density at radius 1 is 1.05 bits per heavy atom. The zero-order valence-corrected chi connectivity index (χ0v) is 20.6. The third kappa shape index (κ3) is 6.04. The molecule has 2 aromatic carbocycles. The minimum atomic E-state index is -0.618. The minimum Gasteiger partial charge on any atom is -0.457 e. The van der Waals surface area contributed by atoms with Crippen molar-refractivity contribution in [3.05, 3.63) is 78.5 Å². The number of halogens is 1. The monoisotopic (exact) mass is 502 g/mol. The standard InChI is InChI=1S/C27H27FN6O3/c1-18-11-20(13-21(12-18)34-7-9-36-10-8-34)31-27(35)32-25-4-3-22(14-24(25)28)37-23-5-6-29-26(15-23)19-16-30-33(2)17-19/h3-6,11-17H,7-10H2,1-2H3,(H2,31,32,35). The summed E-state index contributed by atoms with van der Waals surface area (Å²) in [6.07, 6.45) is 5.17. The molecule has 190 valence electrons. The number of nitrogens with one attached hydrogen (secondary N) is 2. The van der Waals surface area contributed by atoms with Crippen LogP contribution in [0, 0.1) is 12.7 Å². The van der Waals surface area contributed by atoms with E-state index in [-0.39, 0.29) is 5.69 Å². The first-order chi connectivity index (χ1) is 17.9. The molecule has 1 fully saturated rings. The Morgan fingerprint density at radius 3 is 2.62 bits per heavy atom. The number of pyridine rings is 1. The second-order valence-electron chi connectivity index (χ2n) is 8.76. The Labute approximate surface area is 213 Å². The molecule has 1 saturated heterocycles. The van der Waals surface area contributed by atoms with Crippen molar-refractivity contribution in [2.75, 3.05) is 41.8 Å². The highest BCUT2D eigenvalue weighted by atomic mass is 19.1. The Kier molecular flexibility index (Phi) is 7.00. The van der Waals surface area contributed by atoms with Crippen LogP contribution in [0.3, 0.4) is 0 Å². The number of morpholine rings is 1. The van der Waals surface area contributed by atoms with Gasteiger partial charge in [0.1, 0.15) is 17.3 Å². The molecule has 0 unspecified atom stereocenters. The molecule has 9 nitrogen and oxygen atoms in total. The van der Waals surface area contributed by atoms with Crippen LogP contribution in [0.2, 0.25) is 0 Å². The molecule has 2 amide bonds. The number of rotatable bonds is 6. The number of aryl methyl sites for hydroxylation is 2. The second-order valence-corrected chi connectivity index (χ2v) is 8.76. The molecule has 5 rings (SSSR count). The van der Waals surface area contributed by atoms with Crippen molar-refractivity contribution in [3.8, 4) is 22.8 Å².